The maximum absolute atomic E-state index is 12.2. The van der Waals surface area contributed by atoms with Crippen molar-refractivity contribution < 1.29 is 19.2 Å². The Kier molecular flexibility index (Phi) is 5.51. The Labute approximate surface area is 129 Å². The van der Waals surface area contributed by atoms with Crippen molar-refractivity contribution >= 4 is 11.9 Å². The Morgan fingerprint density at radius 1 is 1.36 bits per heavy atom. The molecule has 0 atom stereocenters. The number of piperidine rings is 1. The molecule has 1 fully saturated rings. The van der Waals surface area contributed by atoms with Gasteiger partial charge in [0.25, 0.3) is 0 Å². The van der Waals surface area contributed by atoms with Gasteiger partial charge in [0.05, 0.1) is 0 Å². The van der Waals surface area contributed by atoms with Crippen molar-refractivity contribution in [3.05, 3.63) is 11.7 Å². The van der Waals surface area contributed by atoms with Crippen molar-refractivity contribution in [2.75, 3.05) is 13.1 Å². The van der Waals surface area contributed by atoms with E-state index < -0.39 is 5.97 Å². The summed E-state index contributed by atoms with van der Waals surface area (Å²) in [5.41, 5.74) is 0. The van der Waals surface area contributed by atoms with E-state index in [4.69, 9.17) is 9.63 Å². The first kappa shape index (κ1) is 16.5. The van der Waals surface area contributed by atoms with Gasteiger partial charge in [-0.05, 0) is 18.8 Å². The largest absolute Gasteiger partial charge is 0.481 e. The predicted molar refractivity (Wildman–Crippen MR) is 78.3 cm³/mol. The van der Waals surface area contributed by atoms with Gasteiger partial charge in [-0.1, -0.05) is 19.0 Å². The fraction of sp³-hybridized carbons (Fsp3) is 0.733. The van der Waals surface area contributed by atoms with Crippen molar-refractivity contribution in [3.8, 4) is 0 Å². The quantitative estimate of drug-likeness (QED) is 0.861. The average molecular weight is 309 g/mol. The molecule has 1 N–H and O–H groups in total. The maximum Gasteiger partial charge on any atom is 0.303 e. The first-order valence-electron chi connectivity index (χ1n) is 7.77. The fourth-order valence-electron chi connectivity index (χ4n) is 2.61. The summed E-state index contributed by atoms with van der Waals surface area (Å²) in [4.78, 5) is 28.9. The molecule has 7 heteroatoms. The standard InChI is InChI=1S/C15H23N3O4/c1-10(2)15-16-12(22-17-15)3-4-13(19)18-7-5-11(6-8-18)9-14(20)21/h10-11H,3-9H2,1-2H3,(H,20,21). The summed E-state index contributed by atoms with van der Waals surface area (Å²) in [6, 6.07) is 0. The van der Waals surface area contributed by atoms with Gasteiger partial charge in [-0.25, -0.2) is 0 Å². The third-order valence-electron chi connectivity index (χ3n) is 3.98. The van der Waals surface area contributed by atoms with Gasteiger partial charge in [-0.2, -0.15) is 4.98 Å². The molecule has 0 saturated carbocycles. The maximum atomic E-state index is 12.2. The Bertz CT molecular complexity index is 519. The molecule has 0 radical (unpaired) electrons. The van der Waals surface area contributed by atoms with Crippen LogP contribution in [0.15, 0.2) is 4.52 Å². The number of likely N-dealkylation sites (tertiary alicyclic amines) is 1. The molecule has 22 heavy (non-hydrogen) atoms. The number of hydrogen-bond acceptors (Lipinski definition) is 5. The van der Waals surface area contributed by atoms with E-state index in [2.05, 4.69) is 10.1 Å². The van der Waals surface area contributed by atoms with E-state index in [1.165, 1.54) is 0 Å². The van der Waals surface area contributed by atoms with Gasteiger partial charge < -0.3 is 14.5 Å². The van der Waals surface area contributed by atoms with Crippen LogP contribution in [0.25, 0.3) is 0 Å². The van der Waals surface area contributed by atoms with Gasteiger partial charge >= 0.3 is 5.97 Å². The predicted octanol–water partition coefficient (Wildman–Crippen LogP) is 1.84. The lowest BCUT2D eigenvalue weighted by Gasteiger charge is -2.31. The van der Waals surface area contributed by atoms with E-state index in [9.17, 15) is 9.59 Å². The molecule has 1 amide bonds. The van der Waals surface area contributed by atoms with Crippen LogP contribution in [0.5, 0.6) is 0 Å². The number of hydrogen-bond donors (Lipinski definition) is 1. The third kappa shape index (κ3) is 4.54. The summed E-state index contributed by atoms with van der Waals surface area (Å²) in [6.07, 6.45) is 2.52. The third-order valence-corrected chi connectivity index (χ3v) is 3.98. The number of carboxylic acids is 1. The minimum atomic E-state index is -0.762. The van der Waals surface area contributed by atoms with E-state index in [1.54, 1.807) is 4.90 Å². The van der Waals surface area contributed by atoms with Gasteiger partial charge in [-0.3, -0.25) is 9.59 Å². The molecule has 1 aromatic rings. The number of aromatic nitrogens is 2. The minimum absolute atomic E-state index is 0.0677. The van der Waals surface area contributed by atoms with Gasteiger partial charge in [0.1, 0.15) is 0 Å². The minimum Gasteiger partial charge on any atom is -0.481 e. The number of rotatable bonds is 6. The highest BCUT2D eigenvalue weighted by Gasteiger charge is 2.24. The van der Waals surface area contributed by atoms with Gasteiger partial charge in [-0.15, -0.1) is 0 Å². The van der Waals surface area contributed by atoms with Crippen LogP contribution in [-0.4, -0.2) is 45.1 Å². The highest BCUT2D eigenvalue weighted by Crippen LogP contribution is 2.21. The van der Waals surface area contributed by atoms with E-state index in [1.807, 2.05) is 13.8 Å². The zero-order valence-electron chi connectivity index (χ0n) is 13.1. The SMILES string of the molecule is CC(C)c1noc(CCC(=O)N2CCC(CC(=O)O)CC2)n1. The number of aliphatic carboxylic acids is 1. The van der Waals surface area contributed by atoms with Crippen LogP contribution in [0.2, 0.25) is 0 Å². The Balaban J connectivity index is 1.75. The molecule has 122 valence electrons. The molecule has 2 rings (SSSR count). The van der Waals surface area contributed by atoms with E-state index in [0.29, 0.717) is 37.6 Å². The summed E-state index contributed by atoms with van der Waals surface area (Å²) in [5.74, 6) is 0.863. The molecule has 1 aromatic heterocycles. The molecule has 0 spiro atoms. The molecule has 1 saturated heterocycles. The summed E-state index contributed by atoms with van der Waals surface area (Å²) in [5, 5.41) is 12.7. The molecule has 0 aliphatic carbocycles. The normalized spacial score (nSPS) is 16.2. The van der Waals surface area contributed by atoms with Crippen LogP contribution < -0.4 is 0 Å². The van der Waals surface area contributed by atoms with Gasteiger partial charge in [0, 0.05) is 38.3 Å². The number of amides is 1. The second-order valence-electron chi connectivity index (χ2n) is 6.12. The second-order valence-corrected chi connectivity index (χ2v) is 6.12. The van der Waals surface area contributed by atoms with Crippen LogP contribution in [0.4, 0.5) is 0 Å². The van der Waals surface area contributed by atoms with Crippen LogP contribution in [0.3, 0.4) is 0 Å². The molecular formula is C15H23N3O4. The summed E-state index contributed by atoms with van der Waals surface area (Å²) < 4.78 is 5.13. The number of carbonyl (C=O) groups excluding carboxylic acids is 1. The lowest BCUT2D eigenvalue weighted by Crippen LogP contribution is -2.39. The van der Waals surface area contributed by atoms with E-state index in [-0.39, 0.29) is 24.2 Å². The van der Waals surface area contributed by atoms with Crippen LogP contribution in [0.1, 0.15) is 57.2 Å². The van der Waals surface area contributed by atoms with Crippen molar-refractivity contribution in [1.82, 2.24) is 15.0 Å². The molecule has 7 nitrogen and oxygen atoms in total. The summed E-state index contributed by atoms with van der Waals surface area (Å²) >= 11 is 0. The number of carbonyl (C=O) groups is 2. The second kappa shape index (κ2) is 7.38. The smallest absolute Gasteiger partial charge is 0.303 e. The zero-order valence-corrected chi connectivity index (χ0v) is 13.1. The Hall–Kier alpha value is -1.92. The first-order chi connectivity index (χ1) is 10.5. The van der Waals surface area contributed by atoms with E-state index >= 15 is 0 Å². The van der Waals surface area contributed by atoms with Gasteiger partial charge in [0.15, 0.2) is 5.82 Å². The molecule has 0 bridgehead atoms. The van der Waals surface area contributed by atoms with Crippen LogP contribution in [0, 0.1) is 5.92 Å². The fourth-order valence-corrected chi connectivity index (χ4v) is 2.61. The van der Waals surface area contributed by atoms with Crippen molar-refractivity contribution in [1.29, 1.82) is 0 Å². The Morgan fingerprint density at radius 2 is 2.05 bits per heavy atom. The number of nitrogens with zero attached hydrogens (tertiary/aromatic N) is 3. The van der Waals surface area contributed by atoms with Crippen LogP contribution in [-0.2, 0) is 16.0 Å². The average Bonchev–Trinajstić information content (AvgIpc) is 2.94. The lowest BCUT2D eigenvalue weighted by atomic mass is 9.93. The first-order valence-corrected chi connectivity index (χ1v) is 7.77. The topological polar surface area (TPSA) is 96.5 Å². The highest BCUT2D eigenvalue weighted by molar-refractivity contribution is 5.76. The summed E-state index contributed by atoms with van der Waals surface area (Å²) in [6.45, 7) is 5.25. The lowest BCUT2D eigenvalue weighted by molar-refractivity contribution is -0.138. The molecule has 1 aliphatic rings. The van der Waals surface area contributed by atoms with Crippen molar-refractivity contribution in [2.45, 2.75) is 51.9 Å². The molecule has 2 heterocycles. The zero-order chi connectivity index (χ0) is 16.1. The van der Waals surface area contributed by atoms with Crippen LogP contribution >= 0.6 is 0 Å². The Morgan fingerprint density at radius 3 is 2.59 bits per heavy atom. The number of aryl methyl sites for hydroxylation is 1. The molecule has 0 unspecified atom stereocenters. The number of carboxylic acid groups (broad SMARTS) is 1. The van der Waals surface area contributed by atoms with Crippen molar-refractivity contribution in [2.24, 2.45) is 5.92 Å². The summed E-state index contributed by atoms with van der Waals surface area (Å²) in [7, 11) is 0. The monoisotopic (exact) mass is 309 g/mol. The molecular weight excluding hydrogens is 286 g/mol. The highest BCUT2D eigenvalue weighted by atomic mass is 16.5. The molecule has 1 aliphatic heterocycles. The van der Waals surface area contributed by atoms with Gasteiger partial charge in [0.2, 0.25) is 11.8 Å². The van der Waals surface area contributed by atoms with Crippen molar-refractivity contribution in [3.63, 3.8) is 0 Å². The molecule has 0 aromatic carbocycles. The van der Waals surface area contributed by atoms with E-state index in [0.717, 1.165) is 12.8 Å².